The SMILES string of the molecule is CC(=O)OC[C@H]1N[C@@H](c2c[nH]c3c(=O)[nH]cnc23)C[C@@H]1OC(C)=O. The van der Waals surface area contributed by atoms with Crippen LogP contribution in [-0.2, 0) is 19.1 Å². The molecule has 0 spiro atoms. The number of hydrogen-bond acceptors (Lipinski definition) is 7. The van der Waals surface area contributed by atoms with E-state index in [1.165, 1.54) is 20.2 Å². The van der Waals surface area contributed by atoms with Crippen molar-refractivity contribution in [1.29, 1.82) is 0 Å². The highest BCUT2D eigenvalue weighted by molar-refractivity contribution is 5.78. The number of H-pyrrole nitrogens is 2. The molecule has 9 heteroatoms. The highest BCUT2D eigenvalue weighted by Crippen LogP contribution is 2.32. The zero-order valence-corrected chi connectivity index (χ0v) is 13.3. The monoisotopic (exact) mass is 334 g/mol. The van der Waals surface area contributed by atoms with Gasteiger partial charge in [-0.05, 0) is 0 Å². The first kappa shape index (κ1) is 16.2. The molecule has 2 aromatic heterocycles. The number of nitrogens with zero attached hydrogens (tertiary/aromatic N) is 1. The molecule has 0 bridgehead atoms. The van der Waals surface area contributed by atoms with E-state index in [0.29, 0.717) is 17.5 Å². The van der Waals surface area contributed by atoms with Gasteiger partial charge in [0.05, 0.1) is 12.4 Å². The van der Waals surface area contributed by atoms with E-state index < -0.39 is 18.0 Å². The maximum absolute atomic E-state index is 11.8. The van der Waals surface area contributed by atoms with Gasteiger partial charge in [0, 0.05) is 38.1 Å². The summed E-state index contributed by atoms with van der Waals surface area (Å²) in [7, 11) is 0. The number of fused-ring (bicyclic) bond motifs is 1. The van der Waals surface area contributed by atoms with Crippen LogP contribution in [0.15, 0.2) is 17.3 Å². The number of hydrogen-bond donors (Lipinski definition) is 3. The Morgan fingerprint density at radius 1 is 1.29 bits per heavy atom. The van der Waals surface area contributed by atoms with Crippen LogP contribution in [0.1, 0.15) is 31.9 Å². The Morgan fingerprint density at radius 3 is 2.79 bits per heavy atom. The van der Waals surface area contributed by atoms with E-state index in [0.717, 1.165) is 5.56 Å². The van der Waals surface area contributed by atoms with Gasteiger partial charge in [0.25, 0.3) is 5.56 Å². The second-order valence-corrected chi connectivity index (χ2v) is 5.71. The number of ether oxygens (including phenoxy) is 2. The molecule has 3 heterocycles. The summed E-state index contributed by atoms with van der Waals surface area (Å²) in [5.41, 5.74) is 1.50. The van der Waals surface area contributed by atoms with E-state index >= 15 is 0 Å². The lowest BCUT2D eigenvalue weighted by Gasteiger charge is -2.18. The fourth-order valence-electron chi connectivity index (χ4n) is 2.99. The van der Waals surface area contributed by atoms with Crippen LogP contribution in [0.2, 0.25) is 0 Å². The first-order valence-corrected chi connectivity index (χ1v) is 7.57. The van der Waals surface area contributed by atoms with E-state index in [4.69, 9.17) is 9.47 Å². The minimum Gasteiger partial charge on any atom is -0.464 e. The van der Waals surface area contributed by atoms with E-state index in [1.54, 1.807) is 6.20 Å². The number of aromatic amines is 2. The largest absolute Gasteiger partial charge is 0.464 e. The topological polar surface area (TPSA) is 126 Å². The molecule has 128 valence electrons. The maximum Gasteiger partial charge on any atom is 0.302 e. The molecular weight excluding hydrogens is 316 g/mol. The predicted octanol–water partition coefficient (Wildman–Crippen LogP) is 0.149. The first-order valence-electron chi connectivity index (χ1n) is 7.57. The fourth-order valence-corrected chi connectivity index (χ4v) is 2.99. The number of esters is 2. The van der Waals surface area contributed by atoms with Crippen LogP contribution >= 0.6 is 0 Å². The molecule has 0 saturated carbocycles. The molecule has 1 fully saturated rings. The van der Waals surface area contributed by atoms with Crippen molar-refractivity contribution in [2.75, 3.05) is 6.61 Å². The fraction of sp³-hybridized carbons (Fsp3) is 0.467. The summed E-state index contributed by atoms with van der Waals surface area (Å²) in [6.07, 6.45) is 3.12. The molecule has 24 heavy (non-hydrogen) atoms. The average Bonchev–Trinajstić information content (AvgIpc) is 3.09. The highest BCUT2D eigenvalue weighted by atomic mass is 16.6. The highest BCUT2D eigenvalue weighted by Gasteiger charge is 2.38. The number of nitrogens with one attached hydrogen (secondary N) is 3. The molecule has 0 amide bonds. The van der Waals surface area contributed by atoms with Crippen molar-refractivity contribution in [3.63, 3.8) is 0 Å². The molecule has 1 saturated heterocycles. The summed E-state index contributed by atoms with van der Waals surface area (Å²) < 4.78 is 10.4. The molecule has 3 rings (SSSR count). The number of rotatable bonds is 4. The van der Waals surface area contributed by atoms with Crippen LogP contribution in [0, 0.1) is 0 Å². The normalized spacial score (nSPS) is 23.3. The Labute approximate surface area is 136 Å². The zero-order valence-electron chi connectivity index (χ0n) is 13.3. The van der Waals surface area contributed by atoms with Crippen LogP contribution in [-0.4, -0.2) is 45.6 Å². The molecule has 3 N–H and O–H groups in total. The van der Waals surface area contributed by atoms with Gasteiger partial charge in [-0.3, -0.25) is 14.4 Å². The first-order chi connectivity index (χ1) is 11.5. The van der Waals surface area contributed by atoms with Gasteiger partial charge in [-0.25, -0.2) is 4.98 Å². The zero-order chi connectivity index (χ0) is 17.3. The lowest BCUT2D eigenvalue weighted by molar-refractivity contribution is -0.149. The van der Waals surface area contributed by atoms with Gasteiger partial charge < -0.3 is 24.8 Å². The molecule has 2 aromatic rings. The molecule has 1 aliphatic heterocycles. The Balaban J connectivity index is 1.85. The minimum atomic E-state index is -0.432. The van der Waals surface area contributed by atoms with Crippen molar-refractivity contribution in [1.82, 2.24) is 20.3 Å². The standard InChI is InChI=1S/C15H18N4O5/c1-7(20)23-5-11-12(24-8(2)21)3-10(19-11)9-4-16-14-13(9)17-6-18-15(14)22/h4,6,10-12,16,19H,3,5H2,1-2H3,(H,17,18,22)/t10-,11-,12+/m1/s1. The molecule has 0 unspecified atom stereocenters. The average molecular weight is 334 g/mol. The Hall–Kier alpha value is -2.68. The third kappa shape index (κ3) is 3.16. The Bertz CT molecular complexity index is 827. The molecular formula is C15H18N4O5. The van der Waals surface area contributed by atoms with Crippen molar-refractivity contribution in [2.24, 2.45) is 0 Å². The molecule has 0 aliphatic carbocycles. The van der Waals surface area contributed by atoms with E-state index in [1.807, 2.05) is 0 Å². The van der Waals surface area contributed by atoms with Crippen LogP contribution < -0.4 is 10.9 Å². The molecule has 9 nitrogen and oxygen atoms in total. The van der Waals surface area contributed by atoms with Crippen LogP contribution in [0.4, 0.5) is 0 Å². The molecule has 1 aliphatic rings. The van der Waals surface area contributed by atoms with Crippen molar-refractivity contribution in [3.8, 4) is 0 Å². The smallest absolute Gasteiger partial charge is 0.302 e. The lowest BCUT2D eigenvalue weighted by Crippen LogP contribution is -2.38. The van der Waals surface area contributed by atoms with Crippen molar-refractivity contribution >= 4 is 23.0 Å². The summed E-state index contributed by atoms with van der Waals surface area (Å²) in [6.45, 7) is 2.76. The van der Waals surface area contributed by atoms with E-state index in [2.05, 4.69) is 20.3 Å². The van der Waals surface area contributed by atoms with E-state index in [-0.39, 0.29) is 24.2 Å². The van der Waals surface area contributed by atoms with Gasteiger partial charge in [0.1, 0.15) is 23.7 Å². The summed E-state index contributed by atoms with van der Waals surface area (Å²) in [6, 6.07) is -0.507. The summed E-state index contributed by atoms with van der Waals surface area (Å²) in [5.74, 6) is -0.800. The summed E-state index contributed by atoms with van der Waals surface area (Å²) in [5, 5.41) is 3.29. The van der Waals surface area contributed by atoms with Crippen molar-refractivity contribution in [2.45, 2.75) is 38.5 Å². The summed E-state index contributed by atoms with van der Waals surface area (Å²) in [4.78, 5) is 43.8. The molecule has 0 aromatic carbocycles. The van der Waals surface area contributed by atoms with Crippen LogP contribution in [0.5, 0.6) is 0 Å². The minimum absolute atomic E-state index is 0.0974. The van der Waals surface area contributed by atoms with Gasteiger partial charge >= 0.3 is 11.9 Å². The van der Waals surface area contributed by atoms with Crippen LogP contribution in [0.25, 0.3) is 11.0 Å². The third-order valence-corrected chi connectivity index (χ3v) is 3.99. The van der Waals surface area contributed by atoms with Gasteiger partial charge in [-0.1, -0.05) is 0 Å². The number of carbonyl (C=O) groups excluding carboxylic acids is 2. The second-order valence-electron chi connectivity index (χ2n) is 5.71. The molecule has 3 atom stereocenters. The second kappa shape index (κ2) is 6.44. The Morgan fingerprint density at radius 2 is 2.08 bits per heavy atom. The van der Waals surface area contributed by atoms with Gasteiger partial charge in [-0.2, -0.15) is 0 Å². The predicted molar refractivity (Wildman–Crippen MR) is 83.2 cm³/mol. The molecule has 0 radical (unpaired) electrons. The van der Waals surface area contributed by atoms with Crippen molar-refractivity contribution in [3.05, 3.63) is 28.4 Å². The quantitative estimate of drug-likeness (QED) is 0.679. The van der Waals surface area contributed by atoms with Crippen LogP contribution in [0.3, 0.4) is 0 Å². The summed E-state index contributed by atoms with van der Waals surface area (Å²) >= 11 is 0. The van der Waals surface area contributed by atoms with Gasteiger partial charge in [0.2, 0.25) is 0 Å². The van der Waals surface area contributed by atoms with Crippen molar-refractivity contribution < 1.29 is 19.1 Å². The van der Waals surface area contributed by atoms with E-state index in [9.17, 15) is 14.4 Å². The number of aromatic nitrogens is 3. The van der Waals surface area contributed by atoms with Gasteiger partial charge in [-0.15, -0.1) is 0 Å². The Kier molecular flexibility index (Phi) is 4.34. The lowest BCUT2D eigenvalue weighted by atomic mass is 10.1. The maximum atomic E-state index is 11.8. The third-order valence-electron chi connectivity index (χ3n) is 3.99. The van der Waals surface area contributed by atoms with Gasteiger partial charge in [0.15, 0.2) is 0 Å². The number of carbonyl (C=O) groups is 2.